The molecule has 1 amide bonds. The molecule has 0 atom stereocenters. The van der Waals surface area contributed by atoms with Gasteiger partial charge in [-0.25, -0.2) is 13.4 Å². The van der Waals surface area contributed by atoms with Gasteiger partial charge in [0.2, 0.25) is 0 Å². The second kappa shape index (κ2) is 9.43. The van der Waals surface area contributed by atoms with Gasteiger partial charge in [-0.1, -0.05) is 19.1 Å². The summed E-state index contributed by atoms with van der Waals surface area (Å²) >= 11 is 0. The van der Waals surface area contributed by atoms with Crippen LogP contribution in [0.1, 0.15) is 35.3 Å². The van der Waals surface area contributed by atoms with Gasteiger partial charge in [0.25, 0.3) is 5.91 Å². The number of aryl methyl sites for hydroxylation is 2. The molecule has 0 spiro atoms. The van der Waals surface area contributed by atoms with Gasteiger partial charge >= 0.3 is 0 Å². The third kappa shape index (κ3) is 4.48. The van der Waals surface area contributed by atoms with Crippen molar-refractivity contribution in [1.82, 2.24) is 14.5 Å². The first kappa shape index (κ1) is 24.1. The highest BCUT2D eigenvalue weighted by molar-refractivity contribution is 7.90. The van der Waals surface area contributed by atoms with E-state index in [1.54, 1.807) is 17.0 Å². The summed E-state index contributed by atoms with van der Waals surface area (Å²) in [7, 11) is -3.34. The fourth-order valence-corrected chi connectivity index (χ4v) is 5.39. The number of nitrogens with zero attached hydrogens (tertiary/aromatic N) is 3. The van der Waals surface area contributed by atoms with E-state index in [0.717, 1.165) is 45.6 Å². The van der Waals surface area contributed by atoms with E-state index in [1.807, 2.05) is 25.4 Å². The molecular formula is C28H29N3O4S. The Morgan fingerprint density at radius 3 is 2.56 bits per heavy atom. The number of ether oxygens (including phenoxy) is 1. The van der Waals surface area contributed by atoms with Crippen molar-refractivity contribution in [3.05, 3.63) is 77.6 Å². The molecule has 8 heteroatoms. The zero-order valence-electron chi connectivity index (χ0n) is 20.7. The first-order chi connectivity index (χ1) is 17.3. The quantitative estimate of drug-likeness (QED) is 0.394. The Balaban J connectivity index is 1.46. The van der Waals surface area contributed by atoms with Crippen LogP contribution in [0, 0.1) is 0 Å². The zero-order valence-corrected chi connectivity index (χ0v) is 21.5. The third-order valence-electron chi connectivity index (χ3n) is 6.74. The van der Waals surface area contributed by atoms with Crippen LogP contribution in [0.4, 0.5) is 0 Å². The lowest BCUT2D eigenvalue weighted by atomic mass is 10.0. The van der Waals surface area contributed by atoms with E-state index in [2.05, 4.69) is 40.7 Å². The third-order valence-corrected chi connectivity index (χ3v) is 7.85. The van der Waals surface area contributed by atoms with Crippen LogP contribution in [0.15, 0.2) is 65.8 Å². The lowest BCUT2D eigenvalue weighted by Gasteiger charge is -2.22. The summed E-state index contributed by atoms with van der Waals surface area (Å²) in [6.07, 6.45) is 3.60. The summed E-state index contributed by atoms with van der Waals surface area (Å²) in [5.74, 6) is 0.647. The average molecular weight is 504 g/mol. The van der Waals surface area contributed by atoms with Gasteiger partial charge in [0.1, 0.15) is 12.4 Å². The molecule has 1 aliphatic rings. The number of imidazole rings is 1. The second-order valence-corrected chi connectivity index (χ2v) is 11.1. The van der Waals surface area contributed by atoms with E-state index in [0.29, 0.717) is 31.7 Å². The molecule has 0 aliphatic carbocycles. The van der Waals surface area contributed by atoms with E-state index in [4.69, 9.17) is 4.74 Å². The van der Waals surface area contributed by atoms with E-state index in [1.165, 1.54) is 12.3 Å². The minimum Gasteiger partial charge on any atom is -0.491 e. The van der Waals surface area contributed by atoms with Crippen molar-refractivity contribution in [1.29, 1.82) is 0 Å². The van der Waals surface area contributed by atoms with Crippen LogP contribution < -0.4 is 4.74 Å². The minimum absolute atomic E-state index is 0.125. The number of hydrogen-bond acceptors (Lipinski definition) is 5. The van der Waals surface area contributed by atoms with Crippen molar-refractivity contribution < 1.29 is 17.9 Å². The smallest absolute Gasteiger partial charge is 0.254 e. The lowest BCUT2D eigenvalue weighted by Crippen LogP contribution is -2.33. The molecule has 0 N–H and O–H groups in total. The fraction of sp³-hybridized carbons (Fsp3) is 0.286. The molecule has 0 unspecified atom stereocenters. The molecule has 0 fully saturated rings. The molecule has 3 aromatic carbocycles. The van der Waals surface area contributed by atoms with E-state index in [9.17, 15) is 13.2 Å². The monoisotopic (exact) mass is 503 g/mol. The first-order valence-corrected chi connectivity index (χ1v) is 14.0. The Morgan fingerprint density at radius 2 is 1.81 bits per heavy atom. The highest BCUT2D eigenvalue weighted by Crippen LogP contribution is 2.31. The van der Waals surface area contributed by atoms with Gasteiger partial charge in [0.15, 0.2) is 9.84 Å². The Kier molecular flexibility index (Phi) is 6.30. The van der Waals surface area contributed by atoms with Gasteiger partial charge < -0.3 is 14.2 Å². The van der Waals surface area contributed by atoms with Crippen molar-refractivity contribution >= 4 is 26.8 Å². The summed E-state index contributed by atoms with van der Waals surface area (Å²) in [4.78, 5) is 20.1. The SMILES string of the molecule is CCc1cc(S(C)(=O)=O)ccc1C(=O)N1CCOc2ccc(-c3ccc4c(c3)ncn4CC)cc2C1. The first-order valence-electron chi connectivity index (χ1n) is 12.1. The van der Waals surface area contributed by atoms with Crippen LogP contribution in [0.25, 0.3) is 22.2 Å². The number of benzene rings is 3. The van der Waals surface area contributed by atoms with Crippen LogP contribution in [0.2, 0.25) is 0 Å². The number of carbonyl (C=O) groups is 1. The molecule has 0 bridgehead atoms. The maximum Gasteiger partial charge on any atom is 0.254 e. The largest absolute Gasteiger partial charge is 0.491 e. The molecule has 186 valence electrons. The van der Waals surface area contributed by atoms with E-state index < -0.39 is 9.84 Å². The predicted octanol–water partition coefficient (Wildman–Crippen LogP) is 4.72. The summed E-state index contributed by atoms with van der Waals surface area (Å²) in [6.45, 7) is 6.13. The summed E-state index contributed by atoms with van der Waals surface area (Å²) in [5.41, 5.74) is 6.32. The number of aromatic nitrogens is 2. The Labute approximate surface area is 211 Å². The average Bonchev–Trinajstić information content (AvgIpc) is 3.17. The molecule has 0 radical (unpaired) electrons. The van der Waals surface area contributed by atoms with Crippen molar-refractivity contribution in [3.8, 4) is 16.9 Å². The number of hydrogen-bond donors (Lipinski definition) is 0. The molecule has 4 aromatic rings. The van der Waals surface area contributed by atoms with Gasteiger partial charge in [-0.05, 0) is 72.5 Å². The van der Waals surface area contributed by atoms with Crippen LogP contribution in [0.5, 0.6) is 5.75 Å². The Bertz CT molecular complexity index is 1570. The van der Waals surface area contributed by atoms with Crippen LogP contribution in [-0.2, 0) is 29.3 Å². The van der Waals surface area contributed by atoms with Crippen molar-refractivity contribution in [3.63, 3.8) is 0 Å². The highest BCUT2D eigenvalue weighted by atomic mass is 32.2. The van der Waals surface area contributed by atoms with E-state index >= 15 is 0 Å². The number of sulfone groups is 1. The van der Waals surface area contributed by atoms with E-state index in [-0.39, 0.29) is 10.8 Å². The van der Waals surface area contributed by atoms with Crippen LogP contribution in [0.3, 0.4) is 0 Å². The fourth-order valence-electron chi connectivity index (χ4n) is 4.71. The molecule has 2 heterocycles. The maximum atomic E-state index is 13.5. The lowest BCUT2D eigenvalue weighted by molar-refractivity contribution is 0.0732. The number of rotatable bonds is 5. The Morgan fingerprint density at radius 1 is 1.03 bits per heavy atom. The van der Waals surface area contributed by atoms with Crippen LogP contribution >= 0.6 is 0 Å². The Hall–Kier alpha value is -3.65. The standard InChI is InChI=1S/C28H29N3O4S/c1-4-19-15-23(36(3,33)34)8-9-24(19)28(32)31-12-13-35-27-11-7-20(14-22(27)17-31)21-6-10-26-25(16-21)29-18-30(26)5-2/h6-11,14-16,18H,4-5,12-13,17H2,1-3H3. The van der Waals surface area contributed by atoms with Crippen molar-refractivity contribution in [2.75, 3.05) is 19.4 Å². The van der Waals surface area contributed by atoms with Gasteiger partial charge in [0.05, 0.1) is 28.8 Å². The maximum absolute atomic E-state index is 13.5. The van der Waals surface area contributed by atoms with Crippen molar-refractivity contribution in [2.45, 2.75) is 38.3 Å². The molecule has 5 rings (SSSR count). The molecular weight excluding hydrogens is 474 g/mol. The number of fused-ring (bicyclic) bond motifs is 2. The van der Waals surface area contributed by atoms with Gasteiger partial charge in [-0.2, -0.15) is 0 Å². The molecule has 7 nitrogen and oxygen atoms in total. The molecule has 0 saturated heterocycles. The molecule has 36 heavy (non-hydrogen) atoms. The second-order valence-electron chi connectivity index (χ2n) is 9.08. The summed E-state index contributed by atoms with van der Waals surface area (Å²) in [5, 5.41) is 0. The predicted molar refractivity (Wildman–Crippen MR) is 140 cm³/mol. The van der Waals surface area contributed by atoms with Gasteiger partial charge in [-0.15, -0.1) is 0 Å². The number of carbonyl (C=O) groups excluding carboxylic acids is 1. The topological polar surface area (TPSA) is 81.5 Å². The summed E-state index contributed by atoms with van der Waals surface area (Å²) in [6, 6.07) is 17.1. The van der Waals surface area contributed by atoms with Gasteiger partial charge in [0, 0.05) is 30.5 Å². The summed E-state index contributed by atoms with van der Waals surface area (Å²) < 4.78 is 32.1. The number of amides is 1. The zero-order chi connectivity index (χ0) is 25.4. The van der Waals surface area contributed by atoms with Gasteiger partial charge in [-0.3, -0.25) is 4.79 Å². The van der Waals surface area contributed by atoms with Crippen LogP contribution in [-0.4, -0.2) is 48.2 Å². The highest BCUT2D eigenvalue weighted by Gasteiger charge is 2.24. The van der Waals surface area contributed by atoms with Crippen molar-refractivity contribution in [2.24, 2.45) is 0 Å². The molecule has 1 aliphatic heterocycles. The normalized spacial score (nSPS) is 13.8. The minimum atomic E-state index is -3.34. The molecule has 1 aromatic heterocycles. The molecule has 0 saturated carbocycles.